The first-order chi connectivity index (χ1) is 12.1. The Bertz CT molecular complexity index is 909. The summed E-state index contributed by atoms with van der Waals surface area (Å²) in [5, 5.41) is 4.39. The fourth-order valence-electron chi connectivity index (χ4n) is 2.92. The average molecular weight is 333 g/mol. The highest BCUT2D eigenvalue weighted by Gasteiger charge is 2.26. The number of likely N-dealkylation sites (N-methyl/N-ethyl adjacent to an activating group) is 1. The molecule has 25 heavy (non-hydrogen) atoms. The van der Waals surface area contributed by atoms with Crippen LogP contribution in [0.3, 0.4) is 0 Å². The first-order valence-corrected chi connectivity index (χ1v) is 7.93. The number of imide groups is 1. The van der Waals surface area contributed by atoms with E-state index in [1.165, 1.54) is 0 Å². The van der Waals surface area contributed by atoms with Crippen molar-refractivity contribution in [2.75, 3.05) is 11.9 Å². The fraction of sp³-hybridized carbons (Fsp3) is 0.100. The summed E-state index contributed by atoms with van der Waals surface area (Å²) >= 11 is 0. The van der Waals surface area contributed by atoms with E-state index >= 15 is 0 Å². The molecule has 3 amide bonds. The lowest BCUT2D eigenvalue weighted by molar-refractivity contribution is -0.121. The van der Waals surface area contributed by atoms with Crippen LogP contribution in [0.2, 0.25) is 0 Å². The van der Waals surface area contributed by atoms with E-state index in [2.05, 4.69) is 5.32 Å². The number of urea groups is 1. The highest BCUT2D eigenvalue weighted by molar-refractivity contribution is 5.98. The lowest BCUT2D eigenvalue weighted by atomic mass is 10.0. The van der Waals surface area contributed by atoms with Crippen LogP contribution >= 0.6 is 0 Å². The molecule has 5 nitrogen and oxygen atoms in total. The van der Waals surface area contributed by atoms with E-state index in [-0.39, 0.29) is 0 Å². The van der Waals surface area contributed by atoms with Crippen LogP contribution in [0.1, 0.15) is 11.6 Å². The maximum atomic E-state index is 12.6. The molecule has 0 aliphatic heterocycles. The number of carbonyl (C=O) groups excluding carboxylic acids is 2. The van der Waals surface area contributed by atoms with Gasteiger partial charge in [-0.15, -0.1) is 0 Å². The number of nitrogens with zero attached hydrogens (tertiary/aromatic N) is 1. The van der Waals surface area contributed by atoms with Crippen LogP contribution in [0.4, 0.5) is 10.5 Å². The van der Waals surface area contributed by atoms with E-state index in [9.17, 15) is 9.59 Å². The molecule has 0 heterocycles. The van der Waals surface area contributed by atoms with Gasteiger partial charge in [-0.2, -0.15) is 0 Å². The molecular formula is C20H19N3O2. The molecule has 0 bridgehead atoms. The third kappa shape index (κ3) is 3.61. The summed E-state index contributed by atoms with van der Waals surface area (Å²) in [7, 11) is 1.82. The third-order valence-electron chi connectivity index (χ3n) is 4.14. The van der Waals surface area contributed by atoms with Gasteiger partial charge in [0.25, 0.3) is 5.91 Å². The van der Waals surface area contributed by atoms with Crippen molar-refractivity contribution in [1.29, 1.82) is 0 Å². The summed E-state index contributed by atoms with van der Waals surface area (Å²) < 4.78 is 0. The molecule has 3 aromatic carbocycles. The summed E-state index contributed by atoms with van der Waals surface area (Å²) in [5.74, 6) is -0.464. The van der Waals surface area contributed by atoms with Gasteiger partial charge in [-0.05, 0) is 28.5 Å². The van der Waals surface area contributed by atoms with Crippen LogP contribution in [0.5, 0.6) is 0 Å². The van der Waals surface area contributed by atoms with Crippen molar-refractivity contribution in [2.24, 2.45) is 5.73 Å². The predicted molar refractivity (Wildman–Crippen MR) is 99.3 cm³/mol. The number of nitrogens with one attached hydrogen (secondary N) is 1. The molecule has 0 aliphatic carbocycles. The molecule has 1 atom stereocenters. The molecule has 0 radical (unpaired) electrons. The van der Waals surface area contributed by atoms with Crippen LogP contribution in [0.25, 0.3) is 10.8 Å². The van der Waals surface area contributed by atoms with Crippen LogP contribution in [0.15, 0.2) is 72.8 Å². The van der Waals surface area contributed by atoms with Gasteiger partial charge in [0.2, 0.25) is 0 Å². The second kappa shape index (κ2) is 7.05. The van der Waals surface area contributed by atoms with Gasteiger partial charge in [0.1, 0.15) is 6.04 Å². The quantitative estimate of drug-likeness (QED) is 0.770. The van der Waals surface area contributed by atoms with E-state index in [4.69, 9.17) is 5.73 Å². The van der Waals surface area contributed by atoms with Crippen molar-refractivity contribution < 1.29 is 9.59 Å². The number of anilines is 1. The molecule has 3 rings (SSSR count). The highest BCUT2D eigenvalue weighted by atomic mass is 16.2. The van der Waals surface area contributed by atoms with Crippen molar-refractivity contribution in [3.05, 3.63) is 78.4 Å². The van der Waals surface area contributed by atoms with Crippen molar-refractivity contribution >= 4 is 28.4 Å². The van der Waals surface area contributed by atoms with Crippen LogP contribution in [-0.4, -0.2) is 19.0 Å². The Morgan fingerprint density at radius 2 is 1.56 bits per heavy atom. The normalized spacial score (nSPS) is 11.7. The zero-order valence-electron chi connectivity index (χ0n) is 13.8. The lowest BCUT2D eigenvalue weighted by Gasteiger charge is -2.29. The van der Waals surface area contributed by atoms with Crippen LogP contribution in [0, 0.1) is 0 Å². The number of amides is 3. The van der Waals surface area contributed by atoms with Crippen LogP contribution < -0.4 is 16.0 Å². The SMILES string of the molecule is CN(c1ccc2ccccc2c1)[C@@H](C(=O)NC(N)=O)c1ccccc1. The maximum Gasteiger partial charge on any atom is 0.318 e. The Hall–Kier alpha value is -3.34. The smallest absolute Gasteiger partial charge is 0.318 e. The van der Waals surface area contributed by atoms with Gasteiger partial charge < -0.3 is 10.6 Å². The molecule has 0 aliphatic rings. The average Bonchev–Trinajstić information content (AvgIpc) is 2.61. The standard InChI is InChI=1S/C20H19N3O2/c1-23(17-12-11-14-7-5-6-10-16(14)13-17)18(19(24)22-20(21)25)15-8-3-2-4-9-15/h2-13,18H,1H3,(H3,21,22,24,25)/t18-/m1/s1. The van der Waals surface area contributed by atoms with Crippen LogP contribution in [-0.2, 0) is 4.79 Å². The van der Waals surface area contributed by atoms with Gasteiger partial charge >= 0.3 is 6.03 Å². The molecule has 0 fully saturated rings. The topological polar surface area (TPSA) is 75.4 Å². The van der Waals surface area contributed by atoms with Crippen molar-refractivity contribution in [2.45, 2.75) is 6.04 Å². The molecule has 0 saturated heterocycles. The van der Waals surface area contributed by atoms with Gasteiger partial charge in [-0.1, -0.05) is 60.7 Å². The minimum absolute atomic E-state index is 0.464. The Morgan fingerprint density at radius 3 is 2.24 bits per heavy atom. The summed E-state index contributed by atoms with van der Waals surface area (Å²) in [6, 6.07) is 21.7. The molecule has 0 spiro atoms. The number of primary amides is 1. The second-order valence-electron chi connectivity index (χ2n) is 5.81. The Balaban J connectivity index is 2.01. The Labute approximate surface area is 146 Å². The summed E-state index contributed by atoms with van der Waals surface area (Å²) in [6.45, 7) is 0. The maximum absolute atomic E-state index is 12.6. The number of hydrogen-bond acceptors (Lipinski definition) is 3. The van der Waals surface area contributed by atoms with E-state index in [1.54, 1.807) is 0 Å². The number of rotatable bonds is 4. The number of fused-ring (bicyclic) bond motifs is 1. The largest absolute Gasteiger partial charge is 0.359 e. The van der Waals surface area contributed by atoms with Gasteiger partial charge in [-0.25, -0.2) is 4.79 Å². The third-order valence-corrected chi connectivity index (χ3v) is 4.14. The highest BCUT2D eigenvalue weighted by Crippen LogP contribution is 2.28. The second-order valence-corrected chi connectivity index (χ2v) is 5.81. The van der Waals surface area contributed by atoms with Crippen molar-refractivity contribution in [3.63, 3.8) is 0 Å². The number of benzene rings is 3. The first kappa shape index (κ1) is 16.5. The molecule has 3 N–H and O–H groups in total. The monoisotopic (exact) mass is 333 g/mol. The van der Waals surface area contributed by atoms with E-state index in [1.807, 2.05) is 84.7 Å². The minimum Gasteiger partial charge on any atom is -0.359 e. The van der Waals surface area contributed by atoms with E-state index < -0.39 is 18.0 Å². The lowest BCUT2D eigenvalue weighted by Crippen LogP contribution is -2.43. The first-order valence-electron chi connectivity index (χ1n) is 7.93. The number of carbonyl (C=O) groups is 2. The zero-order valence-corrected chi connectivity index (χ0v) is 13.8. The molecule has 126 valence electrons. The predicted octanol–water partition coefficient (Wildman–Crippen LogP) is 3.21. The summed E-state index contributed by atoms with van der Waals surface area (Å²) in [6.07, 6.45) is 0. The fourth-order valence-corrected chi connectivity index (χ4v) is 2.92. The van der Waals surface area contributed by atoms with E-state index in [0.717, 1.165) is 22.0 Å². The van der Waals surface area contributed by atoms with E-state index in [0.29, 0.717) is 0 Å². The van der Waals surface area contributed by atoms with Gasteiger partial charge in [-0.3, -0.25) is 10.1 Å². The van der Waals surface area contributed by atoms with Crippen molar-refractivity contribution in [1.82, 2.24) is 5.32 Å². The Morgan fingerprint density at radius 1 is 0.920 bits per heavy atom. The summed E-state index contributed by atoms with van der Waals surface area (Å²) in [5.41, 5.74) is 6.78. The number of nitrogens with two attached hydrogens (primary N) is 1. The van der Waals surface area contributed by atoms with Gasteiger partial charge in [0.05, 0.1) is 0 Å². The Kier molecular flexibility index (Phi) is 4.66. The molecule has 3 aromatic rings. The number of hydrogen-bond donors (Lipinski definition) is 2. The van der Waals surface area contributed by atoms with Crippen molar-refractivity contribution in [3.8, 4) is 0 Å². The minimum atomic E-state index is -0.863. The van der Waals surface area contributed by atoms with Gasteiger partial charge in [0, 0.05) is 12.7 Å². The molecule has 5 heteroatoms. The molecule has 0 saturated carbocycles. The summed E-state index contributed by atoms with van der Waals surface area (Å²) in [4.78, 5) is 25.6. The molecule has 0 unspecified atom stereocenters. The zero-order chi connectivity index (χ0) is 17.8. The van der Waals surface area contributed by atoms with Gasteiger partial charge in [0.15, 0.2) is 0 Å². The molecular weight excluding hydrogens is 314 g/mol. The molecule has 0 aromatic heterocycles.